The van der Waals surface area contributed by atoms with Gasteiger partial charge >= 0.3 is 5.91 Å². The number of rotatable bonds is 3. The van der Waals surface area contributed by atoms with Gasteiger partial charge in [0, 0.05) is 13.0 Å². The van der Waals surface area contributed by atoms with E-state index < -0.39 is 5.91 Å². The molecule has 1 aliphatic heterocycles. The number of nitrogen functional groups attached to an aromatic ring is 1. The first kappa shape index (κ1) is 11.7. The molecule has 0 unspecified atom stereocenters. The highest BCUT2D eigenvalue weighted by Crippen LogP contribution is 2.16. The molecule has 1 aromatic heterocycles. The topological polar surface area (TPSA) is 88.6 Å². The minimum absolute atomic E-state index is 0.137. The van der Waals surface area contributed by atoms with Gasteiger partial charge in [0.2, 0.25) is 5.91 Å². The second-order valence-electron chi connectivity index (χ2n) is 4.01. The van der Waals surface area contributed by atoms with Crippen molar-refractivity contribution >= 4 is 11.8 Å². The summed E-state index contributed by atoms with van der Waals surface area (Å²) in [4.78, 5) is 24.5. The Morgan fingerprint density at radius 2 is 2.29 bits per heavy atom. The van der Waals surface area contributed by atoms with Gasteiger partial charge in [0.15, 0.2) is 5.76 Å². The number of nitrogens with two attached hydrogens (primary N) is 1. The highest BCUT2D eigenvalue weighted by atomic mass is 16.4. The lowest BCUT2D eigenvalue weighted by atomic mass is 10.1. The van der Waals surface area contributed by atoms with Crippen LogP contribution in [0.3, 0.4) is 0 Å². The predicted molar refractivity (Wildman–Crippen MR) is 59.6 cm³/mol. The van der Waals surface area contributed by atoms with Crippen molar-refractivity contribution < 1.29 is 14.0 Å². The van der Waals surface area contributed by atoms with Crippen LogP contribution in [0.15, 0.2) is 16.5 Å². The Morgan fingerprint density at radius 1 is 1.47 bits per heavy atom. The van der Waals surface area contributed by atoms with Crippen LogP contribution < -0.4 is 11.3 Å². The fourth-order valence-corrected chi connectivity index (χ4v) is 1.87. The molecular formula is C11H15N3O3. The third-order valence-corrected chi connectivity index (χ3v) is 2.78. The van der Waals surface area contributed by atoms with E-state index in [1.54, 1.807) is 17.0 Å². The van der Waals surface area contributed by atoms with Gasteiger partial charge in [-0.3, -0.25) is 15.0 Å². The first-order valence-electron chi connectivity index (χ1n) is 5.58. The monoisotopic (exact) mass is 237 g/mol. The Balaban J connectivity index is 2.01. The minimum atomic E-state index is -0.471. The van der Waals surface area contributed by atoms with Gasteiger partial charge in [-0.15, -0.1) is 0 Å². The van der Waals surface area contributed by atoms with Crippen molar-refractivity contribution in [2.24, 2.45) is 5.84 Å². The summed E-state index contributed by atoms with van der Waals surface area (Å²) in [5.74, 6) is 5.42. The molecule has 2 rings (SSSR count). The Hall–Kier alpha value is -1.82. The molecule has 0 atom stereocenters. The van der Waals surface area contributed by atoms with E-state index in [4.69, 9.17) is 10.3 Å². The number of nitrogens with zero attached hydrogens (tertiary/aromatic N) is 1. The van der Waals surface area contributed by atoms with E-state index >= 15 is 0 Å². The Kier molecular flexibility index (Phi) is 3.43. The van der Waals surface area contributed by atoms with Crippen molar-refractivity contribution in [2.75, 3.05) is 6.54 Å². The maximum absolute atomic E-state index is 11.6. The summed E-state index contributed by atoms with van der Waals surface area (Å²) in [6, 6.07) is 3.23. The predicted octanol–water partition coefficient (Wildman–Crippen LogP) is 0.396. The summed E-state index contributed by atoms with van der Waals surface area (Å²) in [6.07, 6.45) is 2.56. The molecule has 1 saturated heterocycles. The first-order valence-corrected chi connectivity index (χ1v) is 5.58. The van der Waals surface area contributed by atoms with Crippen LogP contribution in [-0.4, -0.2) is 23.3 Å². The second kappa shape index (κ2) is 5.01. The SMILES string of the molecule is NNC(=O)c1ccc(CN2CCCCC2=O)o1. The molecule has 0 aliphatic carbocycles. The molecule has 17 heavy (non-hydrogen) atoms. The number of carbonyl (C=O) groups excluding carboxylic acids is 2. The van der Waals surface area contributed by atoms with Crippen molar-refractivity contribution in [3.05, 3.63) is 23.7 Å². The van der Waals surface area contributed by atoms with Crippen molar-refractivity contribution in [1.29, 1.82) is 0 Å². The summed E-state index contributed by atoms with van der Waals surface area (Å²) in [6.45, 7) is 1.16. The lowest BCUT2D eigenvalue weighted by Gasteiger charge is -2.25. The van der Waals surface area contributed by atoms with Gasteiger partial charge < -0.3 is 9.32 Å². The first-order chi connectivity index (χ1) is 8.20. The molecule has 92 valence electrons. The van der Waals surface area contributed by atoms with Crippen LogP contribution in [-0.2, 0) is 11.3 Å². The van der Waals surface area contributed by atoms with Crippen LogP contribution in [0.2, 0.25) is 0 Å². The number of carbonyl (C=O) groups is 2. The molecule has 2 amide bonds. The number of amides is 2. The lowest BCUT2D eigenvalue weighted by molar-refractivity contribution is -0.134. The quantitative estimate of drug-likeness (QED) is 0.452. The van der Waals surface area contributed by atoms with E-state index in [0.717, 1.165) is 19.4 Å². The smallest absolute Gasteiger partial charge is 0.300 e. The molecule has 0 spiro atoms. The van der Waals surface area contributed by atoms with Crippen LogP contribution in [0.1, 0.15) is 35.6 Å². The molecule has 2 heterocycles. The summed E-state index contributed by atoms with van der Waals surface area (Å²) in [7, 11) is 0. The molecule has 1 fully saturated rings. The van der Waals surface area contributed by atoms with E-state index in [9.17, 15) is 9.59 Å². The van der Waals surface area contributed by atoms with E-state index in [0.29, 0.717) is 18.7 Å². The van der Waals surface area contributed by atoms with Crippen LogP contribution in [0.5, 0.6) is 0 Å². The Labute approximate surface area is 98.7 Å². The van der Waals surface area contributed by atoms with E-state index in [1.807, 2.05) is 5.43 Å². The number of likely N-dealkylation sites (tertiary alicyclic amines) is 1. The molecule has 0 radical (unpaired) electrons. The Morgan fingerprint density at radius 3 is 3.00 bits per heavy atom. The highest BCUT2D eigenvalue weighted by Gasteiger charge is 2.19. The van der Waals surface area contributed by atoms with Gasteiger partial charge in [-0.25, -0.2) is 5.84 Å². The largest absolute Gasteiger partial charge is 0.454 e. The highest BCUT2D eigenvalue weighted by molar-refractivity contribution is 5.90. The molecule has 6 heteroatoms. The summed E-state index contributed by atoms with van der Waals surface area (Å²) >= 11 is 0. The molecule has 1 aromatic rings. The molecule has 3 N–H and O–H groups in total. The molecule has 0 saturated carbocycles. The van der Waals surface area contributed by atoms with Crippen LogP contribution >= 0.6 is 0 Å². The zero-order valence-electron chi connectivity index (χ0n) is 9.44. The van der Waals surface area contributed by atoms with Gasteiger partial charge in [0.05, 0.1) is 6.54 Å². The zero-order chi connectivity index (χ0) is 12.3. The fourth-order valence-electron chi connectivity index (χ4n) is 1.87. The van der Waals surface area contributed by atoms with Gasteiger partial charge in [-0.05, 0) is 25.0 Å². The molecule has 1 aliphatic rings. The van der Waals surface area contributed by atoms with Gasteiger partial charge in [0.25, 0.3) is 0 Å². The molecular weight excluding hydrogens is 222 g/mol. The average molecular weight is 237 g/mol. The number of hydrogen-bond acceptors (Lipinski definition) is 4. The molecule has 0 aromatic carbocycles. The third-order valence-electron chi connectivity index (χ3n) is 2.78. The second-order valence-corrected chi connectivity index (χ2v) is 4.01. The van der Waals surface area contributed by atoms with Gasteiger partial charge in [-0.1, -0.05) is 0 Å². The number of piperidine rings is 1. The normalized spacial score (nSPS) is 16.1. The zero-order valence-corrected chi connectivity index (χ0v) is 9.44. The fraction of sp³-hybridized carbons (Fsp3) is 0.455. The summed E-state index contributed by atoms with van der Waals surface area (Å²) in [5.41, 5.74) is 1.99. The maximum atomic E-state index is 11.6. The summed E-state index contributed by atoms with van der Waals surface area (Å²) in [5, 5.41) is 0. The van der Waals surface area contributed by atoms with Crippen molar-refractivity contribution in [2.45, 2.75) is 25.8 Å². The summed E-state index contributed by atoms with van der Waals surface area (Å²) < 4.78 is 5.30. The lowest BCUT2D eigenvalue weighted by Crippen LogP contribution is -2.34. The van der Waals surface area contributed by atoms with Crippen molar-refractivity contribution in [1.82, 2.24) is 10.3 Å². The van der Waals surface area contributed by atoms with Crippen LogP contribution in [0.4, 0.5) is 0 Å². The Bertz CT molecular complexity index is 427. The van der Waals surface area contributed by atoms with Crippen molar-refractivity contribution in [3.8, 4) is 0 Å². The average Bonchev–Trinajstić information content (AvgIpc) is 2.80. The number of hydrogen-bond donors (Lipinski definition) is 2. The number of hydrazine groups is 1. The van der Waals surface area contributed by atoms with E-state index in [1.165, 1.54) is 0 Å². The van der Waals surface area contributed by atoms with Crippen molar-refractivity contribution in [3.63, 3.8) is 0 Å². The van der Waals surface area contributed by atoms with E-state index in [-0.39, 0.29) is 11.7 Å². The number of nitrogens with one attached hydrogen (secondary N) is 1. The third kappa shape index (κ3) is 2.65. The standard InChI is InChI=1S/C11H15N3O3/c12-13-11(16)9-5-4-8(17-9)7-14-6-2-1-3-10(14)15/h4-5H,1-3,6-7,12H2,(H,13,16). The molecule has 6 nitrogen and oxygen atoms in total. The van der Waals surface area contributed by atoms with Crippen LogP contribution in [0.25, 0.3) is 0 Å². The number of furan rings is 1. The molecule has 0 bridgehead atoms. The minimum Gasteiger partial charge on any atom is -0.454 e. The van der Waals surface area contributed by atoms with Gasteiger partial charge in [0.1, 0.15) is 5.76 Å². The van der Waals surface area contributed by atoms with Gasteiger partial charge in [-0.2, -0.15) is 0 Å². The maximum Gasteiger partial charge on any atom is 0.300 e. The van der Waals surface area contributed by atoms with Crippen LogP contribution in [0, 0.1) is 0 Å². The van der Waals surface area contributed by atoms with E-state index in [2.05, 4.69) is 0 Å².